The van der Waals surface area contributed by atoms with E-state index in [4.69, 9.17) is 5.73 Å². The van der Waals surface area contributed by atoms with E-state index < -0.39 is 0 Å². The van der Waals surface area contributed by atoms with Crippen LogP contribution < -0.4 is 5.73 Å². The van der Waals surface area contributed by atoms with E-state index in [2.05, 4.69) is 9.97 Å². The first kappa shape index (κ1) is 10.3. The molecule has 2 rings (SSSR count). The van der Waals surface area contributed by atoms with Crippen LogP contribution in [-0.2, 0) is 0 Å². The smallest absolute Gasteiger partial charge is 0.215 e. The molecule has 0 radical (unpaired) electrons. The number of aromatic nitrogens is 2. The zero-order valence-electron chi connectivity index (χ0n) is 8.84. The third-order valence-electron chi connectivity index (χ3n) is 2.34. The van der Waals surface area contributed by atoms with Crippen LogP contribution in [-0.4, -0.2) is 15.8 Å². The highest BCUT2D eigenvalue weighted by atomic mass is 16.1. The largest absolute Gasteiger partial charge is 0.397 e. The van der Waals surface area contributed by atoms with Crippen LogP contribution in [0.15, 0.2) is 36.8 Å². The lowest BCUT2D eigenvalue weighted by Crippen LogP contribution is -2.09. The molecule has 0 unspecified atom stereocenters. The normalized spacial score (nSPS) is 10.1. The van der Waals surface area contributed by atoms with Crippen molar-refractivity contribution in [2.75, 3.05) is 5.73 Å². The highest BCUT2D eigenvalue weighted by Crippen LogP contribution is 2.15. The van der Waals surface area contributed by atoms with Gasteiger partial charge in [-0.1, -0.05) is 0 Å². The van der Waals surface area contributed by atoms with E-state index in [1.165, 1.54) is 6.20 Å². The molecule has 0 amide bonds. The number of nitrogens with zero attached hydrogens (tertiary/aromatic N) is 2. The van der Waals surface area contributed by atoms with Crippen molar-refractivity contribution in [2.24, 2.45) is 0 Å². The van der Waals surface area contributed by atoms with Crippen LogP contribution in [0.25, 0.3) is 0 Å². The van der Waals surface area contributed by atoms with E-state index in [0.717, 1.165) is 5.56 Å². The van der Waals surface area contributed by atoms with Crippen molar-refractivity contribution < 1.29 is 4.79 Å². The second kappa shape index (κ2) is 4.10. The fraction of sp³-hybridized carbons (Fsp3) is 0.0833. The minimum absolute atomic E-state index is 0.191. The number of aryl methyl sites for hydroxylation is 1. The predicted molar refractivity (Wildman–Crippen MR) is 61.1 cm³/mol. The van der Waals surface area contributed by atoms with E-state index in [9.17, 15) is 4.79 Å². The van der Waals surface area contributed by atoms with Crippen LogP contribution in [0.3, 0.4) is 0 Å². The number of carbonyl (C=O) groups is 1. The lowest BCUT2D eigenvalue weighted by molar-refractivity contribution is 0.103. The fourth-order valence-corrected chi connectivity index (χ4v) is 1.44. The number of anilines is 1. The standard InChI is InChI=1S/C12H11N3O/c1-8-4-6-14-7-9(8)12(16)11-10(13)3-2-5-15-11/h2-7H,13H2,1H3. The third kappa shape index (κ3) is 1.77. The topological polar surface area (TPSA) is 68.9 Å². The summed E-state index contributed by atoms with van der Waals surface area (Å²) < 4.78 is 0. The van der Waals surface area contributed by atoms with Crippen molar-refractivity contribution >= 4 is 11.5 Å². The number of hydrogen-bond acceptors (Lipinski definition) is 4. The van der Waals surface area contributed by atoms with Crippen molar-refractivity contribution in [3.05, 3.63) is 53.6 Å². The first-order chi connectivity index (χ1) is 7.70. The van der Waals surface area contributed by atoms with Crippen molar-refractivity contribution in [3.8, 4) is 0 Å². The molecule has 4 heteroatoms. The second-order valence-corrected chi connectivity index (χ2v) is 3.46. The maximum Gasteiger partial charge on any atom is 0.215 e. The molecule has 0 spiro atoms. The molecule has 0 saturated carbocycles. The SMILES string of the molecule is Cc1ccncc1C(=O)c1ncccc1N. The van der Waals surface area contributed by atoms with Gasteiger partial charge in [-0.05, 0) is 30.7 Å². The molecule has 0 atom stereocenters. The summed E-state index contributed by atoms with van der Waals surface area (Å²) in [6, 6.07) is 5.14. The van der Waals surface area contributed by atoms with E-state index >= 15 is 0 Å². The average molecular weight is 213 g/mol. The summed E-state index contributed by atoms with van der Waals surface area (Å²) in [7, 11) is 0. The zero-order valence-corrected chi connectivity index (χ0v) is 8.84. The number of pyridine rings is 2. The number of ketones is 1. The Morgan fingerprint density at radius 2 is 2.12 bits per heavy atom. The maximum atomic E-state index is 12.1. The van der Waals surface area contributed by atoms with Crippen molar-refractivity contribution in [1.82, 2.24) is 9.97 Å². The molecule has 0 aromatic carbocycles. The van der Waals surface area contributed by atoms with Crippen LogP contribution in [0, 0.1) is 6.92 Å². The van der Waals surface area contributed by atoms with Gasteiger partial charge in [-0.2, -0.15) is 0 Å². The van der Waals surface area contributed by atoms with Gasteiger partial charge in [-0.25, -0.2) is 0 Å². The van der Waals surface area contributed by atoms with E-state index in [1.54, 1.807) is 30.6 Å². The second-order valence-electron chi connectivity index (χ2n) is 3.46. The molecular weight excluding hydrogens is 202 g/mol. The Hall–Kier alpha value is -2.23. The molecule has 0 fully saturated rings. The van der Waals surface area contributed by atoms with Gasteiger partial charge in [0.05, 0.1) is 5.69 Å². The summed E-state index contributed by atoms with van der Waals surface area (Å²) in [6.45, 7) is 1.86. The van der Waals surface area contributed by atoms with Gasteiger partial charge < -0.3 is 5.73 Å². The van der Waals surface area contributed by atoms with Gasteiger partial charge in [0.15, 0.2) is 0 Å². The first-order valence-electron chi connectivity index (χ1n) is 4.86. The molecule has 2 aromatic rings. The van der Waals surface area contributed by atoms with Crippen molar-refractivity contribution in [2.45, 2.75) is 6.92 Å². The zero-order chi connectivity index (χ0) is 11.5. The summed E-state index contributed by atoms with van der Waals surface area (Å²) in [5.74, 6) is -0.191. The molecule has 16 heavy (non-hydrogen) atoms. The van der Waals surface area contributed by atoms with Crippen LogP contribution in [0.1, 0.15) is 21.6 Å². The average Bonchev–Trinajstić information content (AvgIpc) is 2.29. The molecular formula is C12H11N3O. The van der Waals surface area contributed by atoms with Crippen LogP contribution in [0.5, 0.6) is 0 Å². The van der Waals surface area contributed by atoms with Gasteiger partial charge in [0.1, 0.15) is 5.69 Å². The Labute approximate surface area is 93.2 Å². The maximum absolute atomic E-state index is 12.1. The van der Waals surface area contributed by atoms with Gasteiger partial charge in [-0.15, -0.1) is 0 Å². The minimum Gasteiger partial charge on any atom is -0.397 e. The number of rotatable bonds is 2. The van der Waals surface area contributed by atoms with Crippen LogP contribution in [0.4, 0.5) is 5.69 Å². The Balaban J connectivity index is 2.48. The summed E-state index contributed by atoms with van der Waals surface area (Å²) >= 11 is 0. The quantitative estimate of drug-likeness (QED) is 0.769. The van der Waals surface area contributed by atoms with Gasteiger partial charge in [-0.3, -0.25) is 14.8 Å². The Bertz CT molecular complexity index is 490. The molecule has 0 bridgehead atoms. The van der Waals surface area contributed by atoms with Gasteiger partial charge in [0.25, 0.3) is 0 Å². The Morgan fingerprint density at radius 1 is 1.31 bits per heavy atom. The summed E-state index contributed by atoms with van der Waals surface area (Å²) in [4.78, 5) is 20.0. The van der Waals surface area contributed by atoms with Crippen molar-refractivity contribution in [3.63, 3.8) is 0 Å². The summed E-state index contributed by atoms with van der Waals surface area (Å²) in [5, 5.41) is 0. The van der Waals surface area contributed by atoms with Gasteiger partial charge >= 0.3 is 0 Å². The molecule has 0 saturated heterocycles. The molecule has 2 aromatic heterocycles. The molecule has 2 N–H and O–H groups in total. The van der Waals surface area contributed by atoms with Crippen LogP contribution in [0.2, 0.25) is 0 Å². The summed E-state index contributed by atoms with van der Waals surface area (Å²) in [6.07, 6.45) is 4.73. The Kier molecular flexibility index (Phi) is 2.64. The van der Waals surface area contributed by atoms with Gasteiger partial charge in [0, 0.05) is 24.2 Å². The summed E-state index contributed by atoms with van der Waals surface area (Å²) in [5.41, 5.74) is 7.77. The molecule has 80 valence electrons. The highest BCUT2D eigenvalue weighted by Gasteiger charge is 2.15. The molecule has 0 aliphatic heterocycles. The molecule has 0 aliphatic rings. The number of hydrogen-bond donors (Lipinski definition) is 1. The third-order valence-corrected chi connectivity index (χ3v) is 2.34. The molecule has 2 heterocycles. The van der Waals surface area contributed by atoms with E-state index in [1.807, 2.05) is 6.92 Å². The molecule has 4 nitrogen and oxygen atoms in total. The Morgan fingerprint density at radius 3 is 2.81 bits per heavy atom. The van der Waals surface area contributed by atoms with E-state index in [0.29, 0.717) is 11.3 Å². The lowest BCUT2D eigenvalue weighted by Gasteiger charge is -2.05. The minimum atomic E-state index is -0.191. The number of nitrogen functional groups attached to an aromatic ring is 1. The highest BCUT2D eigenvalue weighted by molar-refractivity contribution is 6.11. The number of carbonyl (C=O) groups excluding carboxylic acids is 1. The predicted octanol–water partition coefficient (Wildman–Crippen LogP) is 1.60. The number of nitrogens with two attached hydrogens (primary N) is 1. The lowest BCUT2D eigenvalue weighted by atomic mass is 10.0. The first-order valence-corrected chi connectivity index (χ1v) is 4.86. The monoisotopic (exact) mass is 213 g/mol. The van der Waals surface area contributed by atoms with Crippen LogP contribution >= 0.6 is 0 Å². The van der Waals surface area contributed by atoms with E-state index in [-0.39, 0.29) is 11.5 Å². The van der Waals surface area contributed by atoms with Crippen molar-refractivity contribution in [1.29, 1.82) is 0 Å². The molecule has 0 aliphatic carbocycles. The van der Waals surface area contributed by atoms with Gasteiger partial charge in [0.2, 0.25) is 5.78 Å². The fourth-order valence-electron chi connectivity index (χ4n) is 1.44.